The molecule has 214 valence electrons. The number of nitrogens with zero attached hydrogens (tertiary/aromatic N) is 4. The second kappa shape index (κ2) is 11.4. The number of aliphatic hydroxyl groups excluding tert-OH is 3. The smallest absolute Gasteiger partial charge is 0.259 e. The first-order valence-corrected chi connectivity index (χ1v) is 12.8. The molecular weight excluding hydrogens is 557 g/mol. The second-order valence-electron chi connectivity index (χ2n) is 9.70. The summed E-state index contributed by atoms with van der Waals surface area (Å²) in [5.74, 6) is -5.09. The van der Waals surface area contributed by atoms with Gasteiger partial charge in [0.25, 0.3) is 5.91 Å². The number of aliphatic hydroxyl groups is 3. The lowest BCUT2D eigenvalue weighted by Crippen LogP contribution is -2.64. The number of aromatic nitrogens is 3. The van der Waals surface area contributed by atoms with Gasteiger partial charge in [-0.1, -0.05) is 22.9 Å². The standard InChI is InChI=1S/C26H26ClF3N4O6/c1-39-24-22(33-10-17(31-32-33)12-7-15(28)21(30)16(29)8-12)23(37)20(11-35)40-25(24)26(38)34(18-5-6-19(18)36)14-4-2-3-13(27)9-14/h2-4,7-10,18-20,22-25,35-37H,5-6,11H2,1H3/t18-,19-,20?,22?,23?,24?,25?/m1/s1. The van der Waals surface area contributed by atoms with Gasteiger partial charge in [-0.3, -0.25) is 4.79 Å². The molecule has 1 aliphatic heterocycles. The van der Waals surface area contributed by atoms with Gasteiger partial charge in [-0.15, -0.1) is 5.10 Å². The highest BCUT2D eigenvalue weighted by Gasteiger charge is 2.52. The number of carbonyl (C=O) groups is 1. The molecule has 1 aromatic heterocycles. The van der Waals surface area contributed by atoms with Crippen molar-refractivity contribution in [2.24, 2.45) is 0 Å². The van der Waals surface area contributed by atoms with Crippen molar-refractivity contribution in [3.05, 3.63) is 65.1 Å². The molecule has 2 aliphatic rings. The van der Waals surface area contributed by atoms with Crippen LogP contribution in [-0.2, 0) is 14.3 Å². The Bertz CT molecular complexity index is 1370. The quantitative estimate of drug-likeness (QED) is 0.362. The maximum atomic E-state index is 14.1. The molecule has 0 radical (unpaired) electrons. The first-order valence-electron chi connectivity index (χ1n) is 12.4. The summed E-state index contributed by atoms with van der Waals surface area (Å²) in [6.07, 6.45) is -3.85. The van der Waals surface area contributed by atoms with E-state index in [1.165, 1.54) is 18.2 Å². The largest absolute Gasteiger partial charge is 0.394 e. The van der Waals surface area contributed by atoms with Gasteiger partial charge in [-0.2, -0.15) is 0 Å². The lowest BCUT2D eigenvalue weighted by atomic mass is 9.85. The number of hydrogen-bond donors (Lipinski definition) is 3. The summed E-state index contributed by atoms with van der Waals surface area (Å²) in [6, 6.07) is 6.26. The lowest BCUT2D eigenvalue weighted by Gasteiger charge is -2.47. The van der Waals surface area contributed by atoms with Crippen molar-refractivity contribution in [2.75, 3.05) is 18.6 Å². The van der Waals surface area contributed by atoms with Gasteiger partial charge >= 0.3 is 0 Å². The third-order valence-electron chi connectivity index (χ3n) is 7.34. The minimum Gasteiger partial charge on any atom is -0.394 e. The van der Waals surface area contributed by atoms with Gasteiger partial charge in [-0.05, 0) is 43.2 Å². The topological polar surface area (TPSA) is 130 Å². The molecule has 2 heterocycles. The number of halogens is 4. The summed E-state index contributed by atoms with van der Waals surface area (Å²) in [4.78, 5) is 15.4. The first kappa shape index (κ1) is 28.5. The number of ether oxygens (including phenoxy) is 2. The fraction of sp³-hybridized carbons (Fsp3) is 0.423. The van der Waals surface area contributed by atoms with Crippen LogP contribution in [0.4, 0.5) is 18.9 Å². The second-order valence-corrected chi connectivity index (χ2v) is 10.1. The van der Waals surface area contributed by atoms with E-state index in [9.17, 15) is 33.3 Å². The molecule has 0 bridgehead atoms. The molecule has 10 nitrogen and oxygen atoms in total. The summed E-state index contributed by atoms with van der Waals surface area (Å²) >= 11 is 6.18. The summed E-state index contributed by atoms with van der Waals surface area (Å²) in [6.45, 7) is -0.670. The van der Waals surface area contributed by atoms with Crippen LogP contribution < -0.4 is 4.90 Å². The average molecular weight is 583 g/mol. The summed E-state index contributed by atoms with van der Waals surface area (Å²) in [5.41, 5.74) is 0.245. The van der Waals surface area contributed by atoms with E-state index in [4.69, 9.17) is 21.1 Å². The molecule has 1 amide bonds. The Hall–Kier alpha value is -3.07. The van der Waals surface area contributed by atoms with Gasteiger partial charge in [-0.25, -0.2) is 17.9 Å². The number of anilines is 1. The summed E-state index contributed by atoms with van der Waals surface area (Å²) in [5, 5.41) is 39.7. The lowest BCUT2D eigenvalue weighted by molar-refractivity contribution is -0.211. The van der Waals surface area contributed by atoms with Gasteiger partial charge in [0.05, 0.1) is 24.9 Å². The third kappa shape index (κ3) is 5.08. The Labute approximate surface area is 231 Å². The van der Waals surface area contributed by atoms with Crippen molar-refractivity contribution in [1.82, 2.24) is 15.0 Å². The van der Waals surface area contributed by atoms with Crippen LogP contribution in [0, 0.1) is 17.5 Å². The highest BCUT2D eigenvalue weighted by Crippen LogP contribution is 2.37. The molecule has 2 aromatic carbocycles. The molecule has 14 heteroatoms. The zero-order chi connectivity index (χ0) is 28.7. The molecular formula is C26H26ClF3N4O6. The van der Waals surface area contributed by atoms with Crippen LogP contribution in [0.25, 0.3) is 11.3 Å². The van der Waals surface area contributed by atoms with Gasteiger partial charge in [0.1, 0.15) is 30.0 Å². The zero-order valence-electron chi connectivity index (χ0n) is 21.1. The predicted octanol–water partition coefficient (Wildman–Crippen LogP) is 2.25. The fourth-order valence-electron chi connectivity index (χ4n) is 5.13. The average Bonchev–Trinajstić information content (AvgIpc) is 3.42. The van der Waals surface area contributed by atoms with Gasteiger partial charge in [0, 0.05) is 23.4 Å². The van der Waals surface area contributed by atoms with Crippen LogP contribution in [0.15, 0.2) is 42.6 Å². The van der Waals surface area contributed by atoms with Gasteiger partial charge in [0.2, 0.25) is 0 Å². The van der Waals surface area contributed by atoms with Crippen molar-refractivity contribution < 1.29 is 42.8 Å². The van der Waals surface area contributed by atoms with E-state index in [2.05, 4.69) is 10.3 Å². The summed E-state index contributed by atoms with van der Waals surface area (Å²) in [7, 11) is 1.29. The number of methoxy groups -OCH3 is 1. The van der Waals surface area contributed by atoms with Gasteiger partial charge < -0.3 is 29.7 Å². The number of benzene rings is 2. The van der Waals surface area contributed by atoms with Crippen molar-refractivity contribution in [2.45, 2.75) is 55.4 Å². The van der Waals surface area contributed by atoms with E-state index < -0.39 is 72.6 Å². The van der Waals surface area contributed by atoms with Crippen molar-refractivity contribution in [3.63, 3.8) is 0 Å². The third-order valence-corrected chi connectivity index (χ3v) is 7.57. The van der Waals surface area contributed by atoms with Crippen LogP contribution in [0.5, 0.6) is 0 Å². The highest BCUT2D eigenvalue weighted by molar-refractivity contribution is 6.31. The Kier molecular flexibility index (Phi) is 8.13. The Balaban J connectivity index is 1.52. The molecule has 0 spiro atoms. The van der Waals surface area contributed by atoms with E-state index >= 15 is 0 Å². The number of amides is 1. The Morgan fingerprint density at radius 1 is 1.20 bits per heavy atom. The maximum absolute atomic E-state index is 14.1. The Morgan fingerprint density at radius 2 is 1.93 bits per heavy atom. The molecule has 3 aromatic rings. The molecule has 5 rings (SSSR count). The van der Waals surface area contributed by atoms with Crippen molar-refractivity contribution >= 4 is 23.2 Å². The van der Waals surface area contributed by atoms with E-state index in [0.717, 1.165) is 16.8 Å². The molecule has 7 atom stereocenters. The number of hydrogen-bond acceptors (Lipinski definition) is 8. The van der Waals surface area contributed by atoms with E-state index in [-0.39, 0.29) is 11.3 Å². The van der Waals surface area contributed by atoms with Crippen LogP contribution in [-0.4, -0.2) is 86.5 Å². The van der Waals surface area contributed by atoms with E-state index in [1.54, 1.807) is 24.3 Å². The van der Waals surface area contributed by atoms with Crippen LogP contribution >= 0.6 is 11.6 Å². The predicted molar refractivity (Wildman–Crippen MR) is 135 cm³/mol. The normalized spacial score (nSPS) is 28.2. The molecule has 2 fully saturated rings. The monoisotopic (exact) mass is 582 g/mol. The highest BCUT2D eigenvalue weighted by atomic mass is 35.5. The van der Waals surface area contributed by atoms with Crippen molar-refractivity contribution in [3.8, 4) is 11.3 Å². The maximum Gasteiger partial charge on any atom is 0.259 e. The fourth-order valence-corrected chi connectivity index (χ4v) is 5.31. The molecule has 1 saturated carbocycles. The van der Waals surface area contributed by atoms with Crippen molar-refractivity contribution in [1.29, 1.82) is 0 Å². The number of rotatable bonds is 7. The molecule has 5 unspecified atom stereocenters. The molecule has 1 saturated heterocycles. The van der Waals surface area contributed by atoms with Gasteiger partial charge in [0.15, 0.2) is 23.6 Å². The van der Waals surface area contributed by atoms with Crippen LogP contribution in [0.3, 0.4) is 0 Å². The van der Waals surface area contributed by atoms with E-state index in [0.29, 0.717) is 23.6 Å². The molecule has 40 heavy (non-hydrogen) atoms. The minimum absolute atomic E-state index is 0.0482. The first-order chi connectivity index (χ1) is 19.1. The van der Waals surface area contributed by atoms with E-state index in [1.807, 2.05) is 0 Å². The Morgan fingerprint density at radius 3 is 2.50 bits per heavy atom. The zero-order valence-corrected chi connectivity index (χ0v) is 21.8. The summed E-state index contributed by atoms with van der Waals surface area (Å²) < 4.78 is 53.7. The SMILES string of the molecule is COC1C(C(=O)N(c2cccc(Cl)c2)[C@@H]2CC[C@H]2O)OC(CO)C(O)C1n1cc(-c2cc(F)c(F)c(F)c2)nn1. The number of carbonyl (C=O) groups excluding carboxylic acids is 1. The minimum atomic E-state index is -1.64. The molecule has 1 aliphatic carbocycles. The molecule has 3 N–H and O–H groups in total. The van der Waals surface area contributed by atoms with Crippen LogP contribution in [0.2, 0.25) is 5.02 Å². The van der Waals surface area contributed by atoms with Crippen LogP contribution in [0.1, 0.15) is 18.9 Å².